The number of aromatic nitrogens is 2. The highest BCUT2D eigenvalue weighted by atomic mass is 32.1. The van der Waals surface area contributed by atoms with E-state index in [-0.39, 0.29) is 22.8 Å². The van der Waals surface area contributed by atoms with Gasteiger partial charge in [0.1, 0.15) is 6.04 Å². The van der Waals surface area contributed by atoms with Crippen LogP contribution in [-0.2, 0) is 17.5 Å². The summed E-state index contributed by atoms with van der Waals surface area (Å²) >= 11 is 1.19. The van der Waals surface area contributed by atoms with Crippen LogP contribution >= 0.6 is 11.3 Å². The summed E-state index contributed by atoms with van der Waals surface area (Å²) in [6, 6.07) is 14.4. The number of pyridine rings is 1. The lowest BCUT2D eigenvalue weighted by atomic mass is 10.1. The molecule has 0 unspecified atom stereocenters. The zero-order valence-electron chi connectivity index (χ0n) is 18.8. The Morgan fingerprint density at radius 2 is 1.91 bits per heavy atom. The van der Waals surface area contributed by atoms with Crippen molar-refractivity contribution in [1.82, 2.24) is 14.9 Å². The number of nitrogens with zero attached hydrogens (tertiary/aromatic N) is 3. The summed E-state index contributed by atoms with van der Waals surface area (Å²) < 4.78 is 41.7. The molecule has 0 aliphatic heterocycles. The summed E-state index contributed by atoms with van der Waals surface area (Å²) in [7, 11) is 0. The fourth-order valence-electron chi connectivity index (χ4n) is 3.53. The van der Waals surface area contributed by atoms with E-state index in [0.717, 1.165) is 22.4 Å². The smallest absolute Gasteiger partial charge is 0.349 e. The van der Waals surface area contributed by atoms with E-state index in [1.165, 1.54) is 23.5 Å². The van der Waals surface area contributed by atoms with Gasteiger partial charge in [0.2, 0.25) is 5.91 Å². The average Bonchev–Trinajstić information content (AvgIpc) is 3.18. The van der Waals surface area contributed by atoms with Crippen LogP contribution in [0.3, 0.4) is 0 Å². The molecular weight excluding hydrogens is 477 g/mol. The molecule has 0 saturated heterocycles. The first kappa shape index (κ1) is 24.3. The summed E-state index contributed by atoms with van der Waals surface area (Å²) in [5.74, 6) is -1.14. The minimum Gasteiger partial charge on any atom is -0.349 e. The first-order valence-corrected chi connectivity index (χ1v) is 11.5. The summed E-state index contributed by atoms with van der Waals surface area (Å²) in [6.45, 7) is 3.81. The van der Waals surface area contributed by atoms with E-state index in [2.05, 4.69) is 15.3 Å². The number of hydrogen-bond acceptors (Lipinski definition) is 4. The summed E-state index contributed by atoms with van der Waals surface area (Å²) in [5.41, 5.74) is 1.24. The van der Waals surface area contributed by atoms with E-state index in [1.807, 2.05) is 31.2 Å². The van der Waals surface area contributed by atoms with Gasteiger partial charge in [-0.05, 0) is 61.9 Å². The highest BCUT2D eigenvalue weighted by molar-refractivity contribution is 7.16. The Morgan fingerprint density at radius 3 is 2.63 bits per heavy atom. The number of carbonyl (C=O) groups is 2. The third-order valence-corrected chi connectivity index (χ3v) is 6.37. The highest BCUT2D eigenvalue weighted by Gasteiger charge is 2.31. The first-order valence-electron chi connectivity index (χ1n) is 10.7. The standard InChI is InChI=1S/C25H21F3N4O2S/c1-15-9-10-20-21(12-15)35-24(31-23(34)17-6-5-7-18(13-17)25(26,27)28)32(20)16(2)22(33)30-14-19-8-3-4-11-29-19/h3-13,16H,14H2,1-2H3,(H,30,33)/t16-/m0/s1. The van der Waals surface area contributed by atoms with Crippen molar-refractivity contribution >= 4 is 33.4 Å². The van der Waals surface area contributed by atoms with Crippen LogP contribution in [0.1, 0.15) is 40.1 Å². The molecule has 0 radical (unpaired) electrons. The van der Waals surface area contributed by atoms with Crippen LogP contribution in [0.4, 0.5) is 13.2 Å². The summed E-state index contributed by atoms with van der Waals surface area (Å²) in [5, 5.41) is 2.83. The van der Waals surface area contributed by atoms with E-state index in [1.54, 1.807) is 29.8 Å². The Hall–Kier alpha value is -3.79. The van der Waals surface area contributed by atoms with Crippen molar-refractivity contribution in [2.45, 2.75) is 32.6 Å². The van der Waals surface area contributed by atoms with E-state index < -0.39 is 23.7 Å². The zero-order chi connectivity index (χ0) is 25.2. The largest absolute Gasteiger partial charge is 0.416 e. The summed E-state index contributed by atoms with van der Waals surface area (Å²) in [6.07, 6.45) is -2.95. The van der Waals surface area contributed by atoms with Crippen LogP contribution in [0.15, 0.2) is 71.9 Å². The number of rotatable bonds is 5. The normalized spacial score (nSPS) is 13.1. The van der Waals surface area contributed by atoms with E-state index in [9.17, 15) is 22.8 Å². The molecule has 1 atom stereocenters. The third-order valence-electron chi connectivity index (χ3n) is 5.35. The maximum Gasteiger partial charge on any atom is 0.416 e. The van der Waals surface area contributed by atoms with Crippen molar-refractivity contribution in [1.29, 1.82) is 0 Å². The third kappa shape index (κ3) is 5.48. The fraction of sp³-hybridized carbons (Fsp3) is 0.200. The molecule has 0 fully saturated rings. The molecule has 0 saturated carbocycles. The van der Waals surface area contributed by atoms with E-state index in [4.69, 9.17) is 0 Å². The number of thiazole rings is 1. The second kappa shape index (κ2) is 9.83. The van der Waals surface area contributed by atoms with Gasteiger partial charge in [-0.25, -0.2) is 0 Å². The van der Waals surface area contributed by atoms with Gasteiger partial charge in [0.15, 0.2) is 4.80 Å². The molecule has 1 N–H and O–H groups in total. The predicted molar refractivity (Wildman–Crippen MR) is 127 cm³/mol. The Labute approximate surface area is 202 Å². The predicted octanol–water partition coefficient (Wildman–Crippen LogP) is 5.04. The Balaban J connectivity index is 1.72. The molecule has 4 rings (SSSR count). The first-order chi connectivity index (χ1) is 16.6. The van der Waals surface area contributed by atoms with Crippen LogP contribution in [0, 0.1) is 6.92 Å². The van der Waals surface area contributed by atoms with Gasteiger partial charge >= 0.3 is 6.18 Å². The molecule has 2 aromatic carbocycles. The van der Waals surface area contributed by atoms with Crippen molar-refractivity contribution in [3.63, 3.8) is 0 Å². The van der Waals surface area contributed by atoms with Crippen molar-refractivity contribution in [3.8, 4) is 0 Å². The second-order valence-electron chi connectivity index (χ2n) is 7.94. The zero-order valence-corrected chi connectivity index (χ0v) is 19.7. The number of benzene rings is 2. The van der Waals surface area contributed by atoms with E-state index in [0.29, 0.717) is 11.2 Å². The lowest BCUT2D eigenvalue weighted by molar-refractivity contribution is -0.137. The molecule has 180 valence electrons. The number of aryl methyl sites for hydroxylation is 1. The second-order valence-corrected chi connectivity index (χ2v) is 8.95. The van der Waals surface area contributed by atoms with Crippen molar-refractivity contribution < 1.29 is 22.8 Å². The van der Waals surface area contributed by atoms with Gasteiger partial charge in [-0.3, -0.25) is 14.6 Å². The molecule has 2 amide bonds. The Bertz CT molecular complexity index is 1460. The molecule has 0 aliphatic rings. The van der Waals surface area contributed by atoms with Crippen molar-refractivity contribution in [3.05, 3.63) is 94.0 Å². The number of alkyl halides is 3. The lowest BCUT2D eigenvalue weighted by Crippen LogP contribution is -2.34. The van der Waals surface area contributed by atoms with Crippen LogP contribution in [0.2, 0.25) is 0 Å². The number of hydrogen-bond donors (Lipinski definition) is 1. The van der Waals surface area contributed by atoms with Gasteiger partial charge in [-0.15, -0.1) is 0 Å². The van der Waals surface area contributed by atoms with Gasteiger partial charge in [0, 0.05) is 11.8 Å². The topological polar surface area (TPSA) is 76.3 Å². The maximum atomic E-state index is 13.1. The van der Waals surface area contributed by atoms with Crippen LogP contribution in [0.25, 0.3) is 10.2 Å². The van der Waals surface area contributed by atoms with Gasteiger partial charge in [0.05, 0.1) is 28.0 Å². The van der Waals surface area contributed by atoms with Gasteiger partial charge in [0.25, 0.3) is 5.91 Å². The molecule has 0 bridgehead atoms. The minimum absolute atomic E-state index is 0.188. The quantitative estimate of drug-likeness (QED) is 0.419. The number of nitrogens with one attached hydrogen (secondary N) is 1. The summed E-state index contributed by atoms with van der Waals surface area (Å²) in [4.78, 5) is 34.3. The Kier molecular flexibility index (Phi) is 6.83. The fourth-order valence-corrected chi connectivity index (χ4v) is 4.72. The average molecular weight is 499 g/mol. The molecule has 35 heavy (non-hydrogen) atoms. The van der Waals surface area contributed by atoms with E-state index >= 15 is 0 Å². The van der Waals surface area contributed by atoms with Gasteiger partial charge in [-0.2, -0.15) is 18.2 Å². The Morgan fingerprint density at radius 1 is 1.11 bits per heavy atom. The van der Waals surface area contributed by atoms with Crippen molar-refractivity contribution in [2.75, 3.05) is 0 Å². The molecule has 2 aromatic heterocycles. The molecule has 0 spiro atoms. The minimum atomic E-state index is -4.58. The molecular formula is C25H21F3N4O2S. The number of fused-ring (bicyclic) bond motifs is 1. The lowest BCUT2D eigenvalue weighted by Gasteiger charge is -2.15. The molecule has 2 heterocycles. The number of halogens is 3. The molecule has 0 aliphatic carbocycles. The molecule has 10 heteroatoms. The SMILES string of the molecule is Cc1ccc2c(c1)sc(=NC(=O)c1cccc(C(F)(F)F)c1)n2[C@@H](C)C(=O)NCc1ccccn1. The highest BCUT2D eigenvalue weighted by Crippen LogP contribution is 2.29. The number of carbonyl (C=O) groups excluding carboxylic acids is 2. The van der Waals surface area contributed by atoms with Crippen LogP contribution in [0.5, 0.6) is 0 Å². The molecule has 4 aromatic rings. The maximum absolute atomic E-state index is 13.1. The monoisotopic (exact) mass is 498 g/mol. The number of amides is 2. The van der Waals surface area contributed by atoms with Gasteiger partial charge < -0.3 is 9.88 Å². The van der Waals surface area contributed by atoms with Crippen molar-refractivity contribution in [2.24, 2.45) is 4.99 Å². The van der Waals surface area contributed by atoms with Crippen LogP contribution in [-0.4, -0.2) is 21.4 Å². The van der Waals surface area contributed by atoms with Crippen LogP contribution < -0.4 is 10.1 Å². The molecule has 6 nitrogen and oxygen atoms in total. The van der Waals surface area contributed by atoms with Gasteiger partial charge in [-0.1, -0.05) is 29.5 Å².